The summed E-state index contributed by atoms with van der Waals surface area (Å²) in [4.78, 5) is 17.2. The third-order valence-electron chi connectivity index (χ3n) is 3.95. The van der Waals surface area contributed by atoms with Crippen LogP contribution < -0.4 is 10.5 Å². The summed E-state index contributed by atoms with van der Waals surface area (Å²) in [7, 11) is 0. The number of anilines is 1. The minimum absolute atomic E-state index is 0.0302. The summed E-state index contributed by atoms with van der Waals surface area (Å²) in [6.07, 6.45) is 1.96. The summed E-state index contributed by atoms with van der Waals surface area (Å²) >= 11 is 0. The van der Waals surface area contributed by atoms with Crippen LogP contribution in [-0.4, -0.2) is 29.8 Å². The van der Waals surface area contributed by atoms with Crippen LogP contribution in [0.2, 0.25) is 0 Å². The molecule has 100 valence electrons. The molecule has 1 aliphatic rings. The highest BCUT2D eigenvalue weighted by Crippen LogP contribution is 2.22. The van der Waals surface area contributed by atoms with Gasteiger partial charge in [0, 0.05) is 25.1 Å². The van der Waals surface area contributed by atoms with Gasteiger partial charge in [0.2, 0.25) is 0 Å². The van der Waals surface area contributed by atoms with Crippen molar-refractivity contribution in [1.82, 2.24) is 4.98 Å². The number of aromatic amines is 1. The average molecular weight is 258 g/mol. The number of fused-ring (bicyclic) bond motifs is 1. The molecule has 0 bridgehead atoms. The smallest absolute Gasteiger partial charge is 0.257 e. The number of aliphatic hydroxyl groups is 1. The van der Waals surface area contributed by atoms with Gasteiger partial charge in [-0.25, -0.2) is 0 Å². The molecule has 0 unspecified atom stereocenters. The van der Waals surface area contributed by atoms with Gasteiger partial charge >= 0.3 is 0 Å². The molecule has 1 aromatic heterocycles. The van der Waals surface area contributed by atoms with E-state index >= 15 is 0 Å². The molecule has 1 fully saturated rings. The Hall–Kier alpha value is -1.81. The Kier molecular flexibility index (Phi) is 3.25. The molecule has 0 radical (unpaired) electrons. The van der Waals surface area contributed by atoms with Gasteiger partial charge in [0.1, 0.15) is 5.82 Å². The molecule has 4 nitrogen and oxygen atoms in total. The molecule has 1 saturated heterocycles. The van der Waals surface area contributed by atoms with E-state index in [1.807, 2.05) is 30.3 Å². The molecule has 1 aromatic carbocycles. The monoisotopic (exact) mass is 258 g/mol. The van der Waals surface area contributed by atoms with Gasteiger partial charge in [0.05, 0.1) is 0 Å². The van der Waals surface area contributed by atoms with Crippen LogP contribution in [-0.2, 0) is 0 Å². The summed E-state index contributed by atoms with van der Waals surface area (Å²) in [5.74, 6) is 1.29. The van der Waals surface area contributed by atoms with Crippen molar-refractivity contribution in [3.05, 3.63) is 40.7 Å². The zero-order chi connectivity index (χ0) is 13.2. The second kappa shape index (κ2) is 5.05. The van der Waals surface area contributed by atoms with Gasteiger partial charge in [0.25, 0.3) is 5.56 Å². The summed E-state index contributed by atoms with van der Waals surface area (Å²) in [5.41, 5.74) is -0.0302. The van der Waals surface area contributed by atoms with E-state index in [0.717, 1.165) is 42.5 Å². The van der Waals surface area contributed by atoms with Crippen LogP contribution in [0, 0.1) is 5.92 Å². The number of aliphatic hydroxyl groups excluding tert-OH is 1. The standard InChI is InChI=1S/C15H18N2O2/c18-10-11-5-7-17(8-6-11)14-9-12-3-1-2-4-13(12)15(19)16-14/h1-4,9,11,18H,5-8,10H2,(H,16,19). The van der Waals surface area contributed by atoms with Crippen molar-refractivity contribution in [3.8, 4) is 0 Å². The average Bonchev–Trinajstić information content (AvgIpc) is 2.47. The van der Waals surface area contributed by atoms with Gasteiger partial charge in [0.15, 0.2) is 0 Å². The van der Waals surface area contributed by atoms with Gasteiger partial charge in [-0.05, 0) is 36.3 Å². The Labute approximate surface area is 111 Å². The lowest BCUT2D eigenvalue weighted by Gasteiger charge is -2.32. The lowest BCUT2D eigenvalue weighted by Crippen LogP contribution is -2.36. The number of nitrogens with one attached hydrogen (secondary N) is 1. The van der Waals surface area contributed by atoms with Gasteiger partial charge in [-0.2, -0.15) is 0 Å². The van der Waals surface area contributed by atoms with Crippen molar-refractivity contribution in [2.75, 3.05) is 24.6 Å². The minimum Gasteiger partial charge on any atom is -0.396 e. The number of hydrogen-bond acceptors (Lipinski definition) is 3. The number of piperidine rings is 1. The van der Waals surface area contributed by atoms with Crippen molar-refractivity contribution in [3.63, 3.8) is 0 Å². The highest BCUT2D eigenvalue weighted by atomic mass is 16.3. The van der Waals surface area contributed by atoms with E-state index in [2.05, 4.69) is 9.88 Å². The molecule has 3 rings (SSSR count). The largest absolute Gasteiger partial charge is 0.396 e. The highest BCUT2D eigenvalue weighted by Gasteiger charge is 2.19. The predicted molar refractivity (Wildman–Crippen MR) is 76.6 cm³/mol. The van der Waals surface area contributed by atoms with E-state index in [4.69, 9.17) is 5.11 Å². The van der Waals surface area contributed by atoms with Crippen LogP contribution in [0.4, 0.5) is 5.82 Å². The van der Waals surface area contributed by atoms with E-state index < -0.39 is 0 Å². The molecule has 19 heavy (non-hydrogen) atoms. The first-order valence-electron chi connectivity index (χ1n) is 6.76. The summed E-state index contributed by atoms with van der Waals surface area (Å²) in [6, 6.07) is 9.67. The molecule has 2 aromatic rings. The fraction of sp³-hybridized carbons (Fsp3) is 0.400. The Bertz CT molecular complexity index is 627. The molecular formula is C15H18N2O2. The van der Waals surface area contributed by atoms with Crippen LogP contribution in [0.25, 0.3) is 10.8 Å². The number of H-pyrrole nitrogens is 1. The molecular weight excluding hydrogens is 240 g/mol. The zero-order valence-electron chi connectivity index (χ0n) is 10.8. The first-order valence-corrected chi connectivity index (χ1v) is 6.76. The van der Waals surface area contributed by atoms with Crippen LogP contribution in [0.5, 0.6) is 0 Å². The normalized spacial score (nSPS) is 17.0. The molecule has 2 heterocycles. The molecule has 0 atom stereocenters. The Morgan fingerprint density at radius 3 is 2.74 bits per heavy atom. The van der Waals surface area contributed by atoms with Crippen molar-refractivity contribution in [2.24, 2.45) is 5.92 Å². The number of hydrogen-bond donors (Lipinski definition) is 2. The number of aromatic nitrogens is 1. The lowest BCUT2D eigenvalue weighted by molar-refractivity contribution is 0.203. The van der Waals surface area contributed by atoms with E-state index in [-0.39, 0.29) is 12.2 Å². The maximum absolute atomic E-state index is 12.0. The first kappa shape index (κ1) is 12.2. The molecule has 2 N–H and O–H groups in total. The second-order valence-electron chi connectivity index (χ2n) is 5.18. The van der Waals surface area contributed by atoms with Gasteiger partial charge in [-0.3, -0.25) is 4.79 Å². The molecule has 0 aliphatic carbocycles. The van der Waals surface area contributed by atoms with Crippen molar-refractivity contribution >= 4 is 16.6 Å². The maximum atomic E-state index is 12.0. The van der Waals surface area contributed by atoms with Crippen molar-refractivity contribution in [2.45, 2.75) is 12.8 Å². The molecule has 0 saturated carbocycles. The fourth-order valence-corrected chi connectivity index (χ4v) is 2.72. The van der Waals surface area contributed by atoms with Crippen LogP contribution in [0.1, 0.15) is 12.8 Å². The van der Waals surface area contributed by atoms with Crippen LogP contribution in [0.15, 0.2) is 35.1 Å². The van der Waals surface area contributed by atoms with E-state index in [1.54, 1.807) is 0 Å². The summed E-state index contributed by atoms with van der Waals surface area (Å²) in [5, 5.41) is 10.9. The van der Waals surface area contributed by atoms with Crippen LogP contribution >= 0.6 is 0 Å². The van der Waals surface area contributed by atoms with E-state index in [9.17, 15) is 4.79 Å². The highest BCUT2D eigenvalue weighted by molar-refractivity contribution is 5.83. The summed E-state index contributed by atoms with van der Waals surface area (Å²) in [6.45, 7) is 2.04. The fourth-order valence-electron chi connectivity index (χ4n) is 2.72. The van der Waals surface area contributed by atoms with Crippen molar-refractivity contribution in [1.29, 1.82) is 0 Å². The van der Waals surface area contributed by atoms with Gasteiger partial charge in [-0.15, -0.1) is 0 Å². The molecule has 4 heteroatoms. The summed E-state index contributed by atoms with van der Waals surface area (Å²) < 4.78 is 0. The zero-order valence-corrected chi connectivity index (χ0v) is 10.8. The quantitative estimate of drug-likeness (QED) is 0.862. The van der Waals surface area contributed by atoms with Gasteiger partial charge < -0.3 is 15.0 Å². The Morgan fingerprint density at radius 1 is 1.26 bits per heavy atom. The molecule has 0 amide bonds. The molecule has 0 spiro atoms. The predicted octanol–water partition coefficient (Wildman–Crippen LogP) is 1.74. The maximum Gasteiger partial charge on any atom is 0.257 e. The minimum atomic E-state index is -0.0302. The molecule has 1 aliphatic heterocycles. The van der Waals surface area contributed by atoms with E-state index in [1.165, 1.54) is 0 Å². The second-order valence-corrected chi connectivity index (χ2v) is 5.18. The van der Waals surface area contributed by atoms with Crippen LogP contribution in [0.3, 0.4) is 0 Å². The topological polar surface area (TPSA) is 56.3 Å². The number of nitrogens with zero attached hydrogens (tertiary/aromatic N) is 1. The van der Waals surface area contributed by atoms with Gasteiger partial charge in [-0.1, -0.05) is 18.2 Å². The SMILES string of the molecule is O=c1[nH]c(N2CCC(CO)CC2)cc2ccccc12. The Balaban J connectivity index is 1.92. The van der Waals surface area contributed by atoms with Crippen molar-refractivity contribution < 1.29 is 5.11 Å². The Morgan fingerprint density at radius 2 is 2.00 bits per heavy atom. The number of pyridine rings is 1. The van der Waals surface area contributed by atoms with E-state index in [0.29, 0.717) is 5.92 Å². The lowest BCUT2D eigenvalue weighted by atomic mass is 9.98. The number of benzene rings is 1. The third-order valence-corrected chi connectivity index (χ3v) is 3.95. The third kappa shape index (κ3) is 2.36. The number of rotatable bonds is 2. The first-order chi connectivity index (χ1) is 9.28.